The first kappa shape index (κ1) is 24.1. The first-order chi connectivity index (χ1) is 17.2. The van der Waals surface area contributed by atoms with Crippen molar-refractivity contribution in [2.24, 2.45) is 0 Å². The number of nitrogen functional groups attached to an aromatic ring is 1. The maximum atomic E-state index is 13.5. The molecule has 0 saturated carbocycles. The molecule has 2 fully saturated rings. The first-order valence-corrected chi connectivity index (χ1v) is 11.9. The fourth-order valence-corrected chi connectivity index (χ4v) is 4.70. The van der Waals surface area contributed by atoms with Crippen LogP contribution >= 0.6 is 0 Å². The van der Waals surface area contributed by atoms with Crippen LogP contribution in [0.4, 0.5) is 26.2 Å². The fourth-order valence-electron chi connectivity index (χ4n) is 4.70. The molecule has 2 aliphatic heterocycles. The lowest BCUT2D eigenvalue weighted by molar-refractivity contribution is 0.0305. The smallest absolute Gasteiger partial charge is 0.224 e. The minimum Gasteiger partial charge on any atom is -0.386 e. The average Bonchev–Trinajstić information content (AvgIpc) is 3.17. The molecule has 3 aromatic rings. The predicted molar refractivity (Wildman–Crippen MR) is 135 cm³/mol. The Balaban J connectivity index is 1.20. The van der Waals surface area contributed by atoms with Crippen molar-refractivity contribution >= 4 is 23.5 Å². The van der Waals surface area contributed by atoms with E-state index in [2.05, 4.69) is 26.0 Å². The van der Waals surface area contributed by atoms with Gasteiger partial charge >= 0.3 is 0 Å². The summed E-state index contributed by atoms with van der Waals surface area (Å²) in [6.45, 7) is 8.50. The van der Waals surface area contributed by atoms with Gasteiger partial charge < -0.3 is 20.6 Å². The summed E-state index contributed by atoms with van der Waals surface area (Å²) in [5.41, 5.74) is 7.70. The number of benzene rings is 1. The summed E-state index contributed by atoms with van der Waals surface area (Å²) in [7, 11) is 0. The maximum absolute atomic E-state index is 13.5. The van der Waals surface area contributed by atoms with Crippen LogP contribution in [0.15, 0.2) is 36.5 Å². The summed E-state index contributed by atoms with van der Waals surface area (Å²) in [6, 6.07) is 5.47. The van der Waals surface area contributed by atoms with E-state index in [1.165, 1.54) is 12.1 Å². The van der Waals surface area contributed by atoms with E-state index in [-0.39, 0.29) is 5.95 Å². The highest BCUT2D eigenvalue weighted by molar-refractivity contribution is 5.55. The van der Waals surface area contributed by atoms with Gasteiger partial charge in [0, 0.05) is 69.2 Å². The van der Waals surface area contributed by atoms with E-state index in [0.717, 1.165) is 37.0 Å². The Morgan fingerprint density at radius 3 is 2.33 bits per heavy atom. The Hall–Kier alpha value is -3.57. The third-order valence-electron chi connectivity index (χ3n) is 6.61. The van der Waals surface area contributed by atoms with Crippen molar-refractivity contribution < 1.29 is 13.9 Å². The Morgan fingerprint density at radius 1 is 1.00 bits per heavy atom. The summed E-state index contributed by atoms with van der Waals surface area (Å²) >= 11 is 0. The monoisotopic (exact) mass is 496 g/mol. The van der Waals surface area contributed by atoms with E-state index in [1.807, 2.05) is 28.9 Å². The second-order valence-corrected chi connectivity index (χ2v) is 9.71. The van der Waals surface area contributed by atoms with Crippen molar-refractivity contribution in [3.63, 3.8) is 0 Å². The molecule has 0 spiro atoms. The molecule has 4 heterocycles. The van der Waals surface area contributed by atoms with Crippen molar-refractivity contribution in [2.75, 3.05) is 61.3 Å². The van der Waals surface area contributed by atoms with Gasteiger partial charge in [0.2, 0.25) is 5.95 Å². The third-order valence-corrected chi connectivity index (χ3v) is 6.61. The molecule has 2 aliphatic rings. The Kier molecular flexibility index (Phi) is 6.35. The molecule has 11 heteroatoms. The SMILES string of the molecule is Cc1c(/C=C/CN2CCN(c3cc(F)cc(F)c3)CC2)cnn1-c1cc(N2CC(C)(O)C2)nc(N)n1. The van der Waals surface area contributed by atoms with Crippen LogP contribution in [0.3, 0.4) is 0 Å². The quantitative estimate of drug-likeness (QED) is 0.536. The number of piperazine rings is 1. The largest absolute Gasteiger partial charge is 0.386 e. The summed E-state index contributed by atoms with van der Waals surface area (Å²) in [5.74, 6) is 0.282. The lowest BCUT2D eigenvalue weighted by Gasteiger charge is -2.44. The second-order valence-electron chi connectivity index (χ2n) is 9.71. The molecule has 9 nitrogen and oxygen atoms in total. The number of halogens is 2. The number of hydrogen-bond donors (Lipinski definition) is 2. The molecule has 190 valence electrons. The van der Waals surface area contributed by atoms with Gasteiger partial charge in [-0.15, -0.1) is 0 Å². The van der Waals surface area contributed by atoms with Crippen LogP contribution in [-0.2, 0) is 0 Å². The molecule has 0 aliphatic carbocycles. The zero-order chi connectivity index (χ0) is 25.4. The van der Waals surface area contributed by atoms with Crippen LogP contribution in [0.5, 0.6) is 0 Å². The summed E-state index contributed by atoms with van der Waals surface area (Å²) in [6.07, 6.45) is 5.91. The lowest BCUT2D eigenvalue weighted by Crippen LogP contribution is -2.60. The van der Waals surface area contributed by atoms with Gasteiger partial charge in [-0.2, -0.15) is 15.1 Å². The fraction of sp³-hybridized carbons (Fsp3) is 0.400. The molecule has 36 heavy (non-hydrogen) atoms. The van der Waals surface area contributed by atoms with E-state index < -0.39 is 17.2 Å². The number of rotatable bonds is 6. The molecule has 2 aromatic heterocycles. The van der Waals surface area contributed by atoms with Gasteiger partial charge in [-0.25, -0.2) is 13.5 Å². The van der Waals surface area contributed by atoms with E-state index in [1.54, 1.807) is 17.8 Å². The van der Waals surface area contributed by atoms with Gasteiger partial charge in [0.1, 0.15) is 17.5 Å². The van der Waals surface area contributed by atoms with Crippen LogP contribution < -0.4 is 15.5 Å². The number of nitrogens with two attached hydrogens (primary N) is 1. The van der Waals surface area contributed by atoms with Crippen molar-refractivity contribution in [3.8, 4) is 5.82 Å². The molecule has 0 unspecified atom stereocenters. The van der Waals surface area contributed by atoms with Crippen molar-refractivity contribution in [1.82, 2.24) is 24.6 Å². The maximum Gasteiger partial charge on any atom is 0.224 e. The molecule has 0 atom stereocenters. The van der Waals surface area contributed by atoms with Crippen molar-refractivity contribution in [3.05, 3.63) is 59.4 Å². The number of β-amino-alcohol motifs (C(OH)–C–C–N with tert-alkyl or cyclic N) is 1. The van der Waals surface area contributed by atoms with E-state index in [0.29, 0.717) is 43.5 Å². The number of anilines is 3. The molecule has 0 amide bonds. The minimum atomic E-state index is -0.719. The number of aliphatic hydroxyl groups is 1. The zero-order valence-corrected chi connectivity index (χ0v) is 20.4. The molecular formula is C25H30F2N8O. The molecule has 5 rings (SSSR count). The topological polar surface area (TPSA) is 99.6 Å². The molecule has 3 N–H and O–H groups in total. The number of hydrogen-bond acceptors (Lipinski definition) is 8. The van der Waals surface area contributed by atoms with Crippen LogP contribution in [0, 0.1) is 18.6 Å². The Labute approximate surface area is 208 Å². The van der Waals surface area contributed by atoms with Crippen LogP contribution in [0.2, 0.25) is 0 Å². The highest BCUT2D eigenvalue weighted by atomic mass is 19.1. The van der Waals surface area contributed by atoms with Crippen LogP contribution in [0.25, 0.3) is 11.9 Å². The Morgan fingerprint density at radius 2 is 1.67 bits per heavy atom. The molecule has 2 saturated heterocycles. The first-order valence-electron chi connectivity index (χ1n) is 11.9. The standard InChI is InChI=1S/C25H30F2N8O/c1-17-18(4-3-5-32-6-8-33(9-7-32)21-11-19(26)10-20(27)12-21)14-29-35(17)23-13-22(30-24(28)31-23)34-15-25(2,36)16-34/h3-4,10-14,36H,5-9,15-16H2,1-2H3,(H2,28,30,31)/b4-3+. The van der Waals surface area contributed by atoms with Gasteiger partial charge in [0.15, 0.2) is 5.82 Å². The zero-order valence-electron chi connectivity index (χ0n) is 20.4. The Bertz CT molecular complexity index is 1250. The van der Waals surface area contributed by atoms with Crippen molar-refractivity contribution in [2.45, 2.75) is 19.4 Å². The van der Waals surface area contributed by atoms with Crippen molar-refractivity contribution in [1.29, 1.82) is 0 Å². The van der Waals surface area contributed by atoms with Gasteiger partial charge in [-0.1, -0.05) is 12.2 Å². The highest BCUT2D eigenvalue weighted by Gasteiger charge is 2.37. The molecule has 0 radical (unpaired) electrons. The van der Waals surface area contributed by atoms with Gasteiger partial charge in [-0.05, 0) is 26.0 Å². The molecule has 0 bridgehead atoms. The van der Waals surface area contributed by atoms with E-state index in [4.69, 9.17) is 5.73 Å². The predicted octanol–water partition coefficient (Wildman–Crippen LogP) is 2.24. The van der Waals surface area contributed by atoms with Gasteiger partial charge in [0.25, 0.3) is 0 Å². The summed E-state index contributed by atoms with van der Waals surface area (Å²) in [5, 5.41) is 14.5. The molecular weight excluding hydrogens is 466 g/mol. The highest BCUT2D eigenvalue weighted by Crippen LogP contribution is 2.28. The van der Waals surface area contributed by atoms with E-state index >= 15 is 0 Å². The van der Waals surface area contributed by atoms with Gasteiger partial charge in [-0.3, -0.25) is 4.90 Å². The average molecular weight is 497 g/mol. The van der Waals surface area contributed by atoms with Crippen LogP contribution in [0.1, 0.15) is 18.2 Å². The number of nitrogens with zero attached hydrogens (tertiary/aromatic N) is 7. The number of aromatic nitrogens is 4. The minimum absolute atomic E-state index is 0.154. The summed E-state index contributed by atoms with van der Waals surface area (Å²) in [4.78, 5) is 14.9. The summed E-state index contributed by atoms with van der Waals surface area (Å²) < 4.78 is 28.8. The van der Waals surface area contributed by atoms with Gasteiger partial charge in [0.05, 0.1) is 17.5 Å². The third kappa shape index (κ3) is 5.17. The van der Waals surface area contributed by atoms with Crippen LogP contribution in [-0.4, -0.2) is 81.2 Å². The lowest BCUT2D eigenvalue weighted by atomic mass is 9.97. The second kappa shape index (κ2) is 9.47. The van der Waals surface area contributed by atoms with E-state index in [9.17, 15) is 13.9 Å². The molecule has 1 aromatic carbocycles. The normalized spacial score (nSPS) is 18.1.